The van der Waals surface area contributed by atoms with Crippen LogP contribution in [0.5, 0.6) is 0 Å². The second-order valence-electron chi connectivity index (χ2n) is 4.11. The lowest BCUT2D eigenvalue weighted by Crippen LogP contribution is -2.16. The molecule has 20 heavy (non-hydrogen) atoms. The standard InChI is InChI=1S/C13H10F3N3O/c1-6-4-7(17)5-18-12(6)19-13(20)8-2-3-9(14)11(16)10(8)15/h2-5H,17H2,1H3,(H,18,19,20). The largest absolute Gasteiger partial charge is 0.397 e. The second kappa shape index (κ2) is 5.20. The van der Waals surface area contributed by atoms with Gasteiger partial charge in [0.05, 0.1) is 17.4 Å². The normalized spacial score (nSPS) is 10.4. The lowest BCUT2D eigenvalue weighted by molar-refractivity contribution is 0.102. The lowest BCUT2D eigenvalue weighted by Gasteiger charge is -2.09. The topological polar surface area (TPSA) is 68.0 Å². The zero-order chi connectivity index (χ0) is 14.9. The molecule has 1 aromatic carbocycles. The van der Waals surface area contributed by atoms with Gasteiger partial charge < -0.3 is 11.1 Å². The Morgan fingerprint density at radius 3 is 2.60 bits per heavy atom. The molecule has 0 unspecified atom stereocenters. The summed E-state index contributed by atoms with van der Waals surface area (Å²) in [5.41, 5.74) is 5.85. The van der Waals surface area contributed by atoms with Gasteiger partial charge in [0.2, 0.25) is 0 Å². The minimum atomic E-state index is -1.69. The van der Waals surface area contributed by atoms with Crippen molar-refractivity contribution in [3.63, 3.8) is 0 Å². The van der Waals surface area contributed by atoms with E-state index in [9.17, 15) is 18.0 Å². The van der Waals surface area contributed by atoms with E-state index in [1.54, 1.807) is 13.0 Å². The van der Waals surface area contributed by atoms with Gasteiger partial charge in [0.25, 0.3) is 5.91 Å². The summed E-state index contributed by atoms with van der Waals surface area (Å²) in [6.07, 6.45) is 1.31. The Labute approximate surface area is 112 Å². The van der Waals surface area contributed by atoms with Gasteiger partial charge >= 0.3 is 0 Å². The molecule has 4 nitrogen and oxygen atoms in total. The molecule has 1 amide bonds. The predicted molar refractivity (Wildman–Crippen MR) is 67.7 cm³/mol. The molecule has 0 saturated carbocycles. The number of amides is 1. The summed E-state index contributed by atoms with van der Waals surface area (Å²) in [5, 5.41) is 2.31. The average Bonchev–Trinajstić information content (AvgIpc) is 2.39. The first-order valence-corrected chi connectivity index (χ1v) is 5.57. The number of aryl methyl sites for hydroxylation is 1. The number of hydrogen-bond donors (Lipinski definition) is 2. The molecular formula is C13H10F3N3O. The van der Waals surface area contributed by atoms with Gasteiger partial charge in [-0.25, -0.2) is 18.2 Å². The van der Waals surface area contributed by atoms with Crippen molar-refractivity contribution in [3.05, 3.63) is 53.0 Å². The molecular weight excluding hydrogens is 271 g/mol. The molecule has 1 aromatic heterocycles. The van der Waals surface area contributed by atoms with E-state index >= 15 is 0 Å². The number of aromatic nitrogens is 1. The monoisotopic (exact) mass is 281 g/mol. The summed E-state index contributed by atoms with van der Waals surface area (Å²) in [6.45, 7) is 1.64. The van der Waals surface area contributed by atoms with Gasteiger partial charge in [-0.1, -0.05) is 0 Å². The number of carbonyl (C=O) groups excluding carboxylic acids is 1. The number of nitrogen functional groups attached to an aromatic ring is 1. The van der Waals surface area contributed by atoms with Gasteiger partial charge in [-0.15, -0.1) is 0 Å². The fourth-order valence-corrected chi connectivity index (χ4v) is 1.60. The molecule has 0 aliphatic heterocycles. The van der Waals surface area contributed by atoms with Crippen molar-refractivity contribution < 1.29 is 18.0 Å². The van der Waals surface area contributed by atoms with Gasteiger partial charge in [-0.3, -0.25) is 4.79 Å². The molecule has 0 bridgehead atoms. The Kier molecular flexibility index (Phi) is 3.60. The Morgan fingerprint density at radius 1 is 1.25 bits per heavy atom. The Balaban J connectivity index is 2.31. The highest BCUT2D eigenvalue weighted by Gasteiger charge is 2.19. The fourth-order valence-electron chi connectivity index (χ4n) is 1.60. The van der Waals surface area contributed by atoms with Crippen molar-refractivity contribution in [2.75, 3.05) is 11.1 Å². The van der Waals surface area contributed by atoms with Crippen LogP contribution in [-0.4, -0.2) is 10.9 Å². The summed E-state index contributed by atoms with van der Waals surface area (Å²) >= 11 is 0. The molecule has 1 heterocycles. The van der Waals surface area contributed by atoms with E-state index in [2.05, 4.69) is 10.3 Å². The van der Waals surface area contributed by atoms with Crippen LogP contribution in [0.3, 0.4) is 0 Å². The minimum Gasteiger partial charge on any atom is -0.397 e. The number of nitrogens with one attached hydrogen (secondary N) is 1. The van der Waals surface area contributed by atoms with E-state index in [-0.39, 0.29) is 5.82 Å². The van der Waals surface area contributed by atoms with Crippen LogP contribution in [0.1, 0.15) is 15.9 Å². The predicted octanol–water partition coefficient (Wildman–Crippen LogP) is 2.64. The molecule has 0 saturated heterocycles. The maximum Gasteiger partial charge on any atom is 0.259 e. The molecule has 104 valence electrons. The lowest BCUT2D eigenvalue weighted by atomic mass is 10.1. The van der Waals surface area contributed by atoms with Crippen LogP contribution in [0, 0.1) is 24.4 Å². The van der Waals surface area contributed by atoms with Gasteiger partial charge in [-0.2, -0.15) is 0 Å². The highest BCUT2D eigenvalue weighted by molar-refractivity contribution is 6.04. The number of benzene rings is 1. The Morgan fingerprint density at radius 2 is 1.95 bits per heavy atom. The van der Waals surface area contributed by atoms with Crippen molar-refractivity contribution in [2.24, 2.45) is 0 Å². The van der Waals surface area contributed by atoms with E-state index in [4.69, 9.17) is 5.73 Å². The highest BCUT2D eigenvalue weighted by Crippen LogP contribution is 2.18. The number of rotatable bonds is 2. The summed E-state index contributed by atoms with van der Waals surface area (Å²) in [6, 6.07) is 3.09. The van der Waals surface area contributed by atoms with E-state index < -0.39 is 28.9 Å². The SMILES string of the molecule is Cc1cc(N)cnc1NC(=O)c1ccc(F)c(F)c1F. The number of nitrogens with zero attached hydrogens (tertiary/aromatic N) is 1. The van der Waals surface area contributed by atoms with Crippen LogP contribution in [0.4, 0.5) is 24.7 Å². The van der Waals surface area contributed by atoms with Gasteiger partial charge in [0.1, 0.15) is 5.82 Å². The first-order chi connectivity index (χ1) is 9.40. The number of pyridine rings is 1. The van der Waals surface area contributed by atoms with Crippen molar-refractivity contribution >= 4 is 17.4 Å². The van der Waals surface area contributed by atoms with Crippen LogP contribution >= 0.6 is 0 Å². The molecule has 3 N–H and O–H groups in total. The molecule has 0 fully saturated rings. The molecule has 7 heteroatoms. The number of halogens is 3. The first-order valence-electron chi connectivity index (χ1n) is 5.57. The zero-order valence-electron chi connectivity index (χ0n) is 10.4. The summed E-state index contributed by atoms with van der Waals surface area (Å²) in [7, 11) is 0. The Hall–Kier alpha value is -2.57. The van der Waals surface area contributed by atoms with Gasteiger partial charge in [-0.05, 0) is 30.7 Å². The number of anilines is 2. The van der Waals surface area contributed by atoms with Crippen LogP contribution < -0.4 is 11.1 Å². The van der Waals surface area contributed by atoms with E-state index in [0.717, 1.165) is 6.07 Å². The molecule has 2 aromatic rings. The molecule has 0 aliphatic carbocycles. The third kappa shape index (κ3) is 2.56. The van der Waals surface area contributed by atoms with Crippen molar-refractivity contribution in [2.45, 2.75) is 6.92 Å². The maximum atomic E-state index is 13.5. The van der Waals surface area contributed by atoms with Gasteiger partial charge in [0.15, 0.2) is 17.5 Å². The van der Waals surface area contributed by atoms with Crippen molar-refractivity contribution in [1.82, 2.24) is 4.98 Å². The third-order valence-electron chi connectivity index (χ3n) is 2.61. The molecule has 0 radical (unpaired) electrons. The first kappa shape index (κ1) is 13.9. The van der Waals surface area contributed by atoms with Crippen LogP contribution in [0.15, 0.2) is 24.4 Å². The summed E-state index contributed by atoms with van der Waals surface area (Å²) in [5.74, 6) is -5.37. The number of hydrogen-bond acceptors (Lipinski definition) is 3. The molecule has 0 aliphatic rings. The van der Waals surface area contributed by atoms with Gasteiger partial charge in [0, 0.05) is 0 Å². The smallest absolute Gasteiger partial charge is 0.259 e. The molecule has 0 atom stereocenters. The zero-order valence-corrected chi connectivity index (χ0v) is 10.4. The molecule has 2 rings (SSSR count). The quantitative estimate of drug-likeness (QED) is 0.831. The number of carbonyl (C=O) groups is 1. The highest BCUT2D eigenvalue weighted by atomic mass is 19.2. The van der Waals surface area contributed by atoms with E-state index in [1.165, 1.54) is 6.20 Å². The molecule has 0 spiro atoms. The van der Waals surface area contributed by atoms with Crippen molar-refractivity contribution in [1.29, 1.82) is 0 Å². The summed E-state index contributed by atoms with van der Waals surface area (Å²) < 4.78 is 39.3. The fraction of sp³-hybridized carbons (Fsp3) is 0.0769. The third-order valence-corrected chi connectivity index (χ3v) is 2.61. The van der Waals surface area contributed by atoms with E-state index in [0.29, 0.717) is 17.3 Å². The van der Waals surface area contributed by atoms with Crippen LogP contribution in [0.25, 0.3) is 0 Å². The van der Waals surface area contributed by atoms with Crippen molar-refractivity contribution in [3.8, 4) is 0 Å². The maximum absolute atomic E-state index is 13.5. The minimum absolute atomic E-state index is 0.160. The number of nitrogens with two attached hydrogens (primary N) is 1. The Bertz CT molecular complexity index is 689. The average molecular weight is 281 g/mol. The van der Waals surface area contributed by atoms with Crippen LogP contribution in [0.2, 0.25) is 0 Å². The second-order valence-corrected chi connectivity index (χ2v) is 4.11. The van der Waals surface area contributed by atoms with Crippen LogP contribution in [-0.2, 0) is 0 Å². The summed E-state index contributed by atoms with van der Waals surface area (Å²) in [4.78, 5) is 15.7. The van der Waals surface area contributed by atoms with E-state index in [1.807, 2.05) is 0 Å².